The Labute approximate surface area is 155 Å². The molecule has 0 N–H and O–H groups in total. The molecule has 0 saturated carbocycles. The van der Waals surface area contributed by atoms with Crippen molar-refractivity contribution in [3.8, 4) is 11.4 Å². The molecule has 0 aliphatic carbocycles. The maximum Gasteiger partial charge on any atom is 0.191 e. The molecule has 7 nitrogen and oxygen atoms in total. The molecule has 0 aliphatic rings. The predicted octanol–water partition coefficient (Wildman–Crippen LogP) is 2.26. The van der Waals surface area contributed by atoms with Crippen molar-refractivity contribution in [2.45, 2.75) is 10.1 Å². The summed E-state index contributed by atoms with van der Waals surface area (Å²) in [6, 6.07) is 9.62. The molecular weight excluding hydrogens is 372 g/mol. The summed E-state index contributed by atoms with van der Waals surface area (Å²) in [4.78, 5) is 16.5. The SMILES string of the molecule is Cn1c(SCC(=O)c2ccc(S(C)(=O)=O)cc2)nnc1-c1ccncc1. The molecule has 2 aromatic heterocycles. The van der Waals surface area contributed by atoms with Gasteiger partial charge in [-0.3, -0.25) is 9.78 Å². The quantitative estimate of drug-likeness (QED) is 0.472. The van der Waals surface area contributed by atoms with Gasteiger partial charge in [0.2, 0.25) is 0 Å². The minimum Gasteiger partial charge on any atom is -0.305 e. The van der Waals surface area contributed by atoms with Gasteiger partial charge in [-0.2, -0.15) is 0 Å². The number of nitrogens with zero attached hydrogens (tertiary/aromatic N) is 4. The van der Waals surface area contributed by atoms with Gasteiger partial charge in [-0.1, -0.05) is 23.9 Å². The number of thioether (sulfide) groups is 1. The smallest absolute Gasteiger partial charge is 0.191 e. The fourth-order valence-corrected chi connectivity index (χ4v) is 3.73. The molecule has 0 saturated heterocycles. The third-order valence-corrected chi connectivity index (χ3v) is 5.86. The first-order valence-electron chi connectivity index (χ1n) is 7.62. The maximum absolute atomic E-state index is 12.3. The second-order valence-electron chi connectivity index (χ2n) is 5.61. The van der Waals surface area contributed by atoms with E-state index in [2.05, 4.69) is 15.2 Å². The monoisotopic (exact) mass is 388 g/mol. The number of rotatable bonds is 6. The van der Waals surface area contributed by atoms with E-state index in [-0.39, 0.29) is 16.4 Å². The summed E-state index contributed by atoms with van der Waals surface area (Å²) in [5.41, 5.74) is 1.35. The molecule has 3 rings (SSSR count). The van der Waals surface area contributed by atoms with Crippen LogP contribution in [0.1, 0.15) is 10.4 Å². The minimum absolute atomic E-state index is 0.108. The number of Topliss-reactive ketones (excluding diaryl/α,β-unsaturated/α-hetero) is 1. The Balaban J connectivity index is 1.70. The Morgan fingerprint density at radius 1 is 1.08 bits per heavy atom. The zero-order valence-electron chi connectivity index (χ0n) is 14.2. The highest BCUT2D eigenvalue weighted by molar-refractivity contribution is 7.99. The second kappa shape index (κ2) is 7.38. The van der Waals surface area contributed by atoms with E-state index in [1.807, 2.05) is 23.7 Å². The summed E-state index contributed by atoms with van der Waals surface area (Å²) in [5.74, 6) is 0.768. The molecule has 3 aromatic rings. The van der Waals surface area contributed by atoms with E-state index < -0.39 is 9.84 Å². The number of benzene rings is 1. The molecule has 0 spiro atoms. The molecule has 0 atom stereocenters. The highest BCUT2D eigenvalue weighted by Gasteiger charge is 2.14. The van der Waals surface area contributed by atoms with Gasteiger partial charge in [0.15, 0.2) is 26.6 Å². The summed E-state index contributed by atoms with van der Waals surface area (Å²) in [6.45, 7) is 0. The first-order chi connectivity index (χ1) is 12.4. The lowest BCUT2D eigenvalue weighted by Gasteiger charge is -2.04. The molecule has 1 aromatic carbocycles. The third-order valence-electron chi connectivity index (χ3n) is 3.71. The molecule has 26 heavy (non-hydrogen) atoms. The summed E-state index contributed by atoms with van der Waals surface area (Å²) >= 11 is 1.28. The molecule has 0 aliphatic heterocycles. The van der Waals surface area contributed by atoms with Gasteiger partial charge in [-0.25, -0.2) is 8.42 Å². The number of carbonyl (C=O) groups excluding carboxylic acids is 1. The number of hydrogen-bond acceptors (Lipinski definition) is 7. The van der Waals surface area contributed by atoms with Crippen LogP contribution in [-0.4, -0.2) is 46.0 Å². The third kappa shape index (κ3) is 4.00. The Kier molecular flexibility index (Phi) is 5.19. The van der Waals surface area contributed by atoms with Gasteiger partial charge >= 0.3 is 0 Å². The normalized spacial score (nSPS) is 11.5. The van der Waals surface area contributed by atoms with Crippen LogP contribution in [0.3, 0.4) is 0 Å². The zero-order valence-corrected chi connectivity index (χ0v) is 15.8. The van der Waals surface area contributed by atoms with Crippen molar-refractivity contribution in [2.24, 2.45) is 7.05 Å². The molecule has 0 fully saturated rings. The highest BCUT2D eigenvalue weighted by atomic mass is 32.2. The van der Waals surface area contributed by atoms with Crippen molar-refractivity contribution < 1.29 is 13.2 Å². The van der Waals surface area contributed by atoms with Crippen molar-refractivity contribution >= 4 is 27.4 Å². The van der Waals surface area contributed by atoms with E-state index in [1.54, 1.807) is 12.4 Å². The number of hydrogen-bond donors (Lipinski definition) is 0. The van der Waals surface area contributed by atoms with Crippen LogP contribution in [0.25, 0.3) is 11.4 Å². The highest BCUT2D eigenvalue weighted by Crippen LogP contribution is 2.23. The lowest BCUT2D eigenvalue weighted by Crippen LogP contribution is -2.05. The summed E-state index contributed by atoms with van der Waals surface area (Å²) in [5, 5.41) is 8.91. The Morgan fingerprint density at radius 3 is 2.35 bits per heavy atom. The van der Waals surface area contributed by atoms with Crippen molar-refractivity contribution in [2.75, 3.05) is 12.0 Å². The summed E-state index contributed by atoms with van der Waals surface area (Å²) in [6.07, 6.45) is 4.50. The topological polar surface area (TPSA) is 94.8 Å². The first-order valence-corrected chi connectivity index (χ1v) is 10.5. The van der Waals surface area contributed by atoms with Crippen molar-refractivity contribution in [1.29, 1.82) is 0 Å². The average Bonchev–Trinajstić information content (AvgIpc) is 3.00. The van der Waals surface area contributed by atoms with E-state index in [4.69, 9.17) is 0 Å². The molecule has 0 unspecified atom stereocenters. The van der Waals surface area contributed by atoms with E-state index in [1.165, 1.54) is 36.0 Å². The first kappa shape index (κ1) is 18.3. The molecule has 0 bridgehead atoms. The van der Waals surface area contributed by atoms with Crippen LogP contribution in [0.15, 0.2) is 58.8 Å². The Morgan fingerprint density at radius 2 is 1.73 bits per heavy atom. The molecule has 9 heteroatoms. The van der Waals surface area contributed by atoms with Crippen LogP contribution in [0.4, 0.5) is 0 Å². The van der Waals surface area contributed by atoms with E-state index in [0.29, 0.717) is 16.5 Å². The summed E-state index contributed by atoms with van der Waals surface area (Å²) < 4.78 is 24.8. The van der Waals surface area contributed by atoms with Gasteiger partial charge < -0.3 is 4.57 Å². The van der Waals surface area contributed by atoms with Gasteiger partial charge in [0.1, 0.15) is 0 Å². The molecule has 2 heterocycles. The van der Waals surface area contributed by atoms with Gasteiger partial charge in [0, 0.05) is 36.8 Å². The van der Waals surface area contributed by atoms with Crippen LogP contribution >= 0.6 is 11.8 Å². The van der Waals surface area contributed by atoms with Crippen LogP contribution in [0, 0.1) is 0 Å². The maximum atomic E-state index is 12.3. The van der Waals surface area contributed by atoms with Gasteiger partial charge in [-0.05, 0) is 24.3 Å². The number of ketones is 1. The average molecular weight is 388 g/mol. The standard InChI is InChI=1S/C17H16N4O3S2/c1-21-16(13-7-9-18-10-8-13)19-20-17(21)25-11-15(22)12-3-5-14(6-4-12)26(2,23)24/h3-10H,11H2,1-2H3. The molecule has 134 valence electrons. The van der Waals surface area contributed by atoms with Crippen LogP contribution in [0.5, 0.6) is 0 Å². The lowest BCUT2D eigenvalue weighted by molar-refractivity contribution is 0.102. The minimum atomic E-state index is -3.27. The van der Waals surface area contributed by atoms with Gasteiger partial charge in [0.05, 0.1) is 10.6 Å². The summed E-state index contributed by atoms with van der Waals surface area (Å²) in [7, 11) is -1.44. The van der Waals surface area contributed by atoms with Gasteiger partial charge in [-0.15, -0.1) is 10.2 Å². The Hall–Kier alpha value is -2.52. The van der Waals surface area contributed by atoms with E-state index in [0.717, 1.165) is 11.8 Å². The molecule has 0 amide bonds. The Bertz CT molecular complexity index is 1030. The number of pyridine rings is 1. The van der Waals surface area contributed by atoms with Crippen molar-refractivity contribution in [1.82, 2.24) is 19.7 Å². The number of aromatic nitrogens is 4. The fourth-order valence-electron chi connectivity index (χ4n) is 2.29. The largest absolute Gasteiger partial charge is 0.305 e. The number of carbonyl (C=O) groups is 1. The predicted molar refractivity (Wildman–Crippen MR) is 98.8 cm³/mol. The number of sulfone groups is 1. The zero-order chi connectivity index (χ0) is 18.7. The van der Waals surface area contributed by atoms with Crippen LogP contribution in [0.2, 0.25) is 0 Å². The van der Waals surface area contributed by atoms with Gasteiger partial charge in [0.25, 0.3) is 0 Å². The van der Waals surface area contributed by atoms with E-state index in [9.17, 15) is 13.2 Å². The van der Waals surface area contributed by atoms with Crippen LogP contribution in [-0.2, 0) is 16.9 Å². The molecule has 0 radical (unpaired) electrons. The second-order valence-corrected chi connectivity index (χ2v) is 8.57. The van der Waals surface area contributed by atoms with Crippen molar-refractivity contribution in [3.63, 3.8) is 0 Å². The molecular formula is C17H16N4O3S2. The van der Waals surface area contributed by atoms with Crippen molar-refractivity contribution in [3.05, 3.63) is 54.4 Å². The lowest BCUT2D eigenvalue weighted by atomic mass is 10.1. The fraction of sp³-hybridized carbons (Fsp3) is 0.176. The van der Waals surface area contributed by atoms with E-state index >= 15 is 0 Å². The van der Waals surface area contributed by atoms with Crippen LogP contribution < -0.4 is 0 Å².